The molecule has 1 aliphatic rings. The van der Waals surface area contributed by atoms with Gasteiger partial charge in [0.2, 0.25) is 0 Å². The Labute approximate surface area is 129 Å². The monoisotopic (exact) mass is 291 g/mol. The molecular formula is C17H17N5. The first-order chi connectivity index (χ1) is 10.8. The van der Waals surface area contributed by atoms with E-state index in [4.69, 9.17) is 0 Å². The molecule has 1 N–H and O–H groups in total. The first-order valence-corrected chi connectivity index (χ1v) is 7.46. The van der Waals surface area contributed by atoms with Crippen LogP contribution in [0.5, 0.6) is 0 Å². The molecule has 5 heteroatoms. The van der Waals surface area contributed by atoms with Crippen LogP contribution in [-0.2, 0) is 13.0 Å². The van der Waals surface area contributed by atoms with Crippen LogP contribution in [0.3, 0.4) is 0 Å². The largest absolute Gasteiger partial charge is 0.312 e. The van der Waals surface area contributed by atoms with Crippen molar-refractivity contribution in [1.82, 2.24) is 25.1 Å². The molecule has 0 unspecified atom stereocenters. The Morgan fingerprint density at radius 2 is 2.00 bits per heavy atom. The van der Waals surface area contributed by atoms with Crippen molar-refractivity contribution in [2.45, 2.75) is 19.9 Å². The number of nitrogens with zero attached hydrogens (tertiary/aromatic N) is 4. The van der Waals surface area contributed by atoms with Gasteiger partial charge in [0.1, 0.15) is 18.5 Å². The van der Waals surface area contributed by atoms with Crippen LogP contribution < -0.4 is 5.32 Å². The summed E-state index contributed by atoms with van der Waals surface area (Å²) in [5.41, 5.74) is 6.35. The Morgan fingerprint density at radius 3 is 2.86 bits per heavy atom. The molecule has 0 fully saturated rings. The molecule has 0 saturated carbocycles. The number of rotatable bonds is 2. The zero-order chi connectivity index (χ0) is 14.9. The number of hydrogen-bond acceptors (Lipinski definition) is 4. The van der Waals surface area contributed by atoms with E-state index in [1.54, 1.807) is 12.7 Å². The molecule has 22 heavy (non-hydrogen) atoms. The third-order valence-corrected chi connectivity index (χ3v) is 4.10. The van der Waals surface area contributed by atoms with Crippen molar-refractivity contribution in [3.8, 4) is 16.9 Å². The van der Waals surface area contributed by atoms with Gasteiger partial charge in [0.15, 0.2) is 0 Å². The molecule has 0 amide bonds. The van der Waals surface area contributed by atoms with Crippen LogP contribution in [-0.4, -0.2) is 26.3 Å². The van der Waals surface area contributed by atoms with Crippen molar-refractivity contribution in [2.24, 2.45) is 0 Å². The average molecular weight is 291 g/mol. The van der Waals surface area contributed by atoms with Crippen LogP contribution in [0.2, 0.25) is 0 Å². The maximum atomic E-state index is 4.61. The van der Waals surface area contributed by atoms with Gasteiger partial charge in [0, 0.05) is 18.3 Å². The molecule has 1 aromatic carbocycles. The summed E-state index contributed by atoms with van der Waals surface area (Å²) in [5, 5.41) is 11.2. The molecule has 0 bridgehead atoms. The maximum Gasteiger partial charge on any atom is 0.147 e. The summed E-state index contributed by atoms with van der Waals surface area (Å²) in [6.45, 7) is 4.03. The summed E-state index contributed by atoms with van der Waals surface area (Å²) in [7, 11) is 0. The number of pyridine rings is 1. The van der Waals surface area contributed by atoms with Crippen LogP contribution in [0.15, 0.2) is 43.1 Å². The highest BCUT2D eigenvalue weighted by Crippen LogP contribution is 2.32. The standard InChI is InChI=1S/C17H17N5/c1-12-7-16(17(19-8-12)22-10-20-21-11-22)15-4-2-3-13-9-18-6-5-14(13)15/h2-4,7-8,10-11,18H,5-6,9H2,1H3. The molecule has 110 valence electrons. The molecule has 1 aliphatic heterocycles. The smallest absolute Gasteiger partial charge is 0.147 e. The lowest BCUT2D eigenvalue weighted by molar-refractivity contribution is 0.645. The van der Waals surface area contributed by atoms with Gasteiger partial charge in [-0.1, -0.05) is 18.2 Å². The normalized spacial score (nSPS) is 13.9. The predicted molar refractivity (Wildman–Crippen MR) is 84.7 cm³/mol. The maximum absolute atomic E-state index is 4.61. The molecule has 3 heterocycles. The second kappa shape index (κ2) is 5.35. The molecule has 0 atom stereocenters. The molecule has 5 nitrogen and oxygen atoms in total. The van der Waals surface area contributed by atoms with E-state index in [1.165, 1.54) is 16.7 Å². The van der Waals surface area contributed by atoms with Crippen LogP contribution in [0.4, 0.5) is 0 Å². The van der Waals surface area contributed by atoms with E-state index < -0.39 is 0 Å². The Balaban J connectivity index is 1.95. The van der Waals surface area contributed by atoms with Crippen molar-refractivity contribution < 1.29 is 0 Å². The highest BCUT2D eigenvalue weighted by Gasteiger charge is 2.17. The van der Waals surface area contributed by atoms with Gasteiger partial charge in [-0.05, 0) is 48.2 Å². The summed E-state index contributed by atoms with van der Waals surface area (Å²) in [6, 6.07) is 8.71. The lowest BCUT2D eigenvalue weighted by Crippen LogP contribution is -2.24. The molecule has 0 saturated heterocycles. The number of benzene rings is 1. The van der Waals surface area contributed by atoms with Crippen molar-refractivity contribution in [3.63, 3.8) is 0 Å². The highest BCUT2D eigenvalue weighted by atomic mass is 15.2. The molecule has 2 aromatic heterocycles. The van der Waals surface area contributed by atoms with Gasteiger partial charge in [-0.25, -0.2) is 4.98 Å². The summed E-state index contributed by atoms with van der Waals surface area (Å²) in [4.78, 5) is 4.61. The SMILES string of the molecule is Cc1cnc(-n2cnnc2)c(-c2cccc3c2CCNC3)c1. The van der Waals surface area contributed by atoms with Gasteiger partial charge in [0.25, 0.3) is 0 Å². The van der Waals surface area contributed by atoms with E-state index in [2.05, 4.69) is 51.7 Å². The van der Waals surface area contributed by atoms with Crippen molar-refractivity contribution in [2.75, 3.05) is 6.54 Å². The predicted octanol–water partition coefficient (Wildman–Crippen LogP) is 2.28. The number of fused-ring (bicyclic) bond motifs is 1. The summed E-state index contributed by atoms with van der Waals surface area (Å²) >= 11 is 0. The van der Waals surface area contributed by atoms with E-state index in [0.29, 0.717) is 0 Å². The van der Waals surface area contributed by atoms with Crippen molar-refractivity contribution in [3.05, 3.63) is 59.8 Å². The third kappa shape index (κ3) is 2.19. The van der Waals surface area contributed by atoms with E-state index >= 15 is 0 Å². The first-order valence-electron chi connectivity index (χ1n) is 7.46. The Hall–Kier alpha value is -2.53. The van der Waals surface area contributed by atoms with E-state index in [9.17, 15) is 0 Å². The quantitative estimate of drug-likeness (QED) is 0.787. The molecule has 0 aliphatic carbocycles. The topological polar surface area (TPSA) is 55.6 Å². The van der Waals surface area contributed by atoms with Crippen molar-refractivity contribution in [1.29, 1.82) is 0 Å². The average Bonchev–Trinajstić information content (AvgIpc) is 3.08. The van der Waals surface area contributed by atoms with Gasteiger partial charge in [-0.15, -0.1) is 10.2 Å². The van der Waals surface area contributed by atoms with Crippen molar-refractivity contribution >= 4 is 0 Å². The minimum atomic E-state index is 0.877. The first kappa shape index (κ1) is 13.2. The minimum absolute atomic E-state index is 0.877. The number of aryl methyl sites for hydroxylation is 1. The van der Waals surface area contributed by atoms with Crippen LogP contribution in [0.25, 0.3) is 16.9 Å². The van der Waals surface area contributed by atoms with Crippen LogP contribution >= 0.6 is 0 Å². The summed E-state index contributed by atoms with van der Waals surface area (Å²) in [5.74, 6) is 0.877. The Kier molecular flexibility index (Phi) is 3.20. The highest BCUT2D eigenvalue weighted by molar-refractivity contribution is 5.75. The van der Waals surface area contributed by atoms with E-state index in [1.807, 2.05) is 10.8 Å². The molecule has 3 aromatic rings. The Bertz CT molecular complexity index is 808. The molecule has 4 rings (SSSR count). The minimum Gasteiger partial charge on any atom is -0.312 e. The number of nitrogens with one attached hydrogen (secondary N) is 1. The number of hydrogen-bond donors (Lipinski definition) is 1. The lowest BCUT2D eigenvalue weighted by Gasteiger charge is -2.21. The summed E-state index contributed by atoms with van der Waals surface area (Å²) < 4.78 is 1.87. The van der Waals surface area contributed by atoms with Gasteiger partial charge in [0.05, 0.1) is 0 Å². The fraction of sp³-hybridized carbons (Fsp3) is 0.235. The van der Waals surface area contributed by atoms with Gasteiger partial charge < -0.3 is 5.32 Å². The van der Waals surface area contributed by atoms with Gasteiger partial charge >= 0.3 is 0 Å². The zero-order valence-corrected chi connectivity index (χ0v) is 12.5. The third-order valence-electron chi connectivity index (χ3n) is 4.10. The van der Waals surface area contributed by atoms with Gasteiger partial charge in [-0.2, -0.15) is 0 Å². The molecule has 0 spiro atoms. The second-order valence-corrected chi connectivity index (χ2v) is 5.62. The van der Waals surface area contributed by atoms with Crippen LogP contribution in [0, 0.1) is 6.92 Å². The molecular weight excluding hydrogens is 274 g/mol. The lowest BCUT2D eigenvalue weighted by atomic mass is 9.91. The number of aromatic nitrogens is 4. The Morgan fingerprint density at radius 1 is 1.14 bits per heavy atom. The summed E-state index contributed by atoms with van der Waals surface area (Å²) in [6.07, 6.45) is 6.31. The fourth-order valence-corrected chi connectivity index (χ4v) is 3.06. The van der Waals surface area contributed by atoms with E-state index in [0.717, 1.165) is 36.5 Å². The van der Waals surface area contributed by atoms with Gasteiger partial charge in [-0.3, -0.25) is 4.57 Å². The fourth-order valence-electron chi connectivity index (χ4n) is 3.06. The second-order valence-electron chi connectivity index (χ2n) is 5.62. The molecule has 0 radical (unpaired) electrons. The van der Waals surface area contributed by atoms with E-state index in [-0.39, 0.29) is 0 Å². The van der Waals surface area contributed by atoms with Crippen LogP contribution in [0.1, 0.15) is 16.7 Å². The zero-order valence-electron chi connectivity index (χ0n) is 12.5.